The number of hydrogen-bond donors (Lipinski definition) is 2. The number of anilines is 1. The van der Waals surface area contributed by atoms with Crippen LogP contribution in [0.2, 0.25) is 0 Å². The summed E-state index contributed by atoms with van der Waals surface area (Å²) in [5.41, 5.74) is 3.11. The molecule has 1 aromatic rings. The molecule has 0 saturated carbocycles. The fourth-order valence-electron chi connectivity index (χ4n) is 1.88. The highest BCUT2D eigenvalue weighted by molar-refractivity contribution is 5.92. The van der Waals surface area contributed by atoms with Crippen LogP contribution in [0.25, 0.3) is 0 Å². The first-order valence-corrected chi connectivity index (χ1v) is 6.62. The highest BCUT2D eigenvalue weighted by Gasteiger charge is 2.09. The quantitative estimate of drug-likeness (QED) is 0.825. The van der Waals surface area contributed by atoms with Crippen molar-refractivity contribution in [2.75, 3.05) is 25.5 Å². The number of carbonyl (C=O) groups is 1. The number of carbonyl (C=O) groups excluding carboxylic acids is 1. The minimum Gasteiger partial charge on any atom is -0.393 e. The van der Waals surface area contributed by atoms with E-state index in [2.05, 4.69) is 5.32 Å². The smallest absolute Gasteiger partial charge is 0.238 e. The monoisotopic (exact) mass is 264 g/mol. The van der Waals surface area contributed by atoms with Gasteiger partial charge in [0.2, 0.25) is 5.91 Å². The molecule has 0 aliphatic rings. The van der Waals surface area contributed by atoms with E-state index in [9.17, 15) is 9.90 Å². The van der Waals surface area contributed by atoms with E-state index >= 15 is 0 Å². The summed E-state index contributed by atoms with van der Waals surface area (Å²) in [4.78, 5) is 13.8. The van der Waals surface area contributed by atoms with E-state index in [0.717, 1.165) is 11.3 Å². The van der Waals surface area contributed by atoms with Gasteiger partial charge in [-0.25, -0.2) is 0 Å². The summed E-state index contributed by atoms with van der Waals surface area (Å²) in [7, 11) is 1.88. The first kappa shape index (κ1) is 15.7. The highest BCUT2D eigenvalue weighted by atomic mass is 16.3. The molecule has 0 aliphatic carbocycles. The highest BCUT2D eigenvalue weighted by Crippen LogP contribution is 2.15. The first-order chi connectivity index (χ1) is 8.88. The Kier molecular flexibility index (Phi) is 5.99. The lowest BCUT2D eigenvalue weighted by Crippen LogP contribution is -2.32. The van der Waals surface area contributed by atoms with Gasteiger partial charge < -0.3 is 10.4 Å². The number of benzene rings is 1. The Hall–Kier alpha value is -1.39. The van der Waals surface area contributed by atoms with Gasteiger partial charge in [-0.15, -0.1) is 0 Å². The van der Waals surface area contributed by atoms with E-state index in [1.54, 1.807) is 6.92 Å². The second kappa shape index (κ2) is 7.26. The Morgan fingerprint density at radius 1 is 1.42 bits per heavy atom. The predicted octanol–water partition coefficient (Wildman–Crippen LogP) is 1.94. The van der Waals surface area contributed by atoms with Crippen LogP contribution in [0.15, 0.2) is 18.2 Å². The number of amides is 1. The number of aliphatic hydroxyl groups excluding tert-OH is 1. The normalized spacial score (nSPS) is 12.5. The molecule has 0 bridgehead atoms. The van der Waals surface area contributed by atoms with Crippen molar-refractivity contribution in [2.45, 2.75) is 33.3 Å². The van der Waals surface area contributed by atoms with Gasteiger partial charge in [-0.1, -0.05) is 17.7 Å². The number of hydrogen-bond acceptors (Lipinski definition) is 3. The molecule has 0 aromatic heterocycles. The third-order valence-electron chi connectivity index (χ3n) is 3.00. The minimum absolute atomic E-state index is 0.0277. The van der Waals surface area contributed by atoms with Gasteiger partial charge >= 0.3 is 0 Å². The van der Waals surface area contributed by atoms with Crippen molar-refractivity contribution in [3.8, 4) is 0 Å². The molecule has 0 aliphatic heterocycles. The van der Waals surface area contributed by atoms with E-state index in [4.69, 9.17) is 0 Å². The third-order valence-corrected chi connectivity index (χ3v) is 3.00. The fourth-order valence-corrected chi connectivity index (χ4v) is 1.88. The van der Waals surface area contributed by atoms with E-state index in [0.29, 0.717) is 19.5 Å². The molecule has 4 heteroatoms. The number of nitrogens with one attached hydrogen (secondary N) is 1. The van der Waals surface area contributed by atoms with Crippen LogP contribution in [-0.2, 0) is 4.79 Å². The average molecular weight is 264 g/mol. The molecule has 1 atom stereocenters. The summed E-state index contributed by atoms with van der Waals surface area (Å²) >= 11 is 0. The molecule has 0 heterocycles. The van der Waals surface area contributed by atoms with Crippen LogP contribution in [-0.4, -0.2) is 42.2 Å². The molecule has 0 fully saturated rings. The summed E-state index contributed by atoms with van der Waals surface area (Å²) < 4.78 is 0. The molecule has 1 aromatic carbocycles. The topological polar surface area (TPSA) is 52.6 Å². The molecule has 1 amide bonds. The summed E-state index contributed by atoms with van der Waals surface area (Å²) in [5, 5.41) is 12.1. The number of aliphatic hydroxyl groups is 1. The molecule has 106 valence electrons. The summed E-state index contributed by atoms with van der Waals surface area (Å²) in [6.07, 6.45) is 0.345. The Balaban J connectivity index is 2.46. The standard InChI is InChI=1S/C15H24N2O2/c1-11-5-6-14(12(2)9-11)16-15(19)10-17(4)8-7-13(3)18/h5-6,9,13,18H,7-8,10H2,1-4H3,(H,16,19). The zero-order chi connectivity index (χ0) is 14.4. The van der Waals surface area contributed by atoms with Crippen molar-refractivity contribution < 1.29 is 9.90 Å². The van der Waals surface area contributed by atoms with E-state index in [-0.39, 0.29) is 12.0 Å². The molecule has 0 spiro atoms. The SMILES string of the molecule is Cc1ccc(NC(=O)CN(C)CCC(C)O)c(C)c1. The summed E-state index contributed by atoms with van der Waals surface area (Å²) in [6.45, 7) is 6.81. The zero-order valence-electron chi connectivity index (χ0n) is 12.2. The van der Waals surface area contributed by atoms with Gasteiger partial charge in [0.25, 0.3) is 0 Å². The first-order valence-electron chi connectivity index (χ1n) is 6.62. The van der Waals surface area contributed by atoms with Gasteiger partial charge in [-0.3, -0.25) is 9.69 Å². The fraction of sp³-hybridized carbons (Fsp3) is 0.533. The number of rotatable bonds is 6. The van der Waals surface area contributed by atoms with Crippen molar-refractivity contribution in [1.82, 2.24) is 4.90 Å². The van der Waals surface area contributed by atoms with Crippen LogP contribution >= 0.6 is 0 Å². The van der Waals surface area contributed by atoms with E-state index in [1.807, 2.05) is 44.0 Å². The maximum Gasteiger partial charge on any atom is 0.238 e. The molecule has 4 nitrogen and oxygen atoms in total. The van der Waals surface area contributed by atoms with Gasteiger partial charge in [0.15, 0.2) is 0 Å². The Morgan fingerprint density at radius 3 is 2.68 bits per heavy atom. The largest absolute Gasteiger partial charge is 0.393 e. The van der Waals surface area contributed by atoms with Gasteiger partial charge in [-0.2, -0.15) is 0 Å². The second-order valence-corrected chi connectivity index (χ2v) is 5.24. The Bertz CT molecular complexity index is 430. The van der Waals surface area contributed by atoms with Gasteiger partial charge in [0.05, 0.1) is 12.6 Å². The summed E-state index contributed by atoms with van der Waals surface area (Å²) in [6, 6.07) is 5.96. The average Bonchev–Trinajstić information content (AvgIpc) is 2.30. The van der Waals surface area contributed by atoms with Crippen LogP contribution < -0.4 is 5.32 Å². The Labute approximate surface area is 115 Å². The van der Waals surface area contributed by atoms with Crippen LogP contribution in [0.3, 0.4) is 0 Å². The molecule has 1 unspecified atom stereocenters. The molecule has 0 radical (unpaired) electrons. The Morgan fingerprint density at radius 2 is 2.11 bits per heavy atom. The van der Waals surface area contributed by atoms with Crippen LogP contribution in [0.5, 0.6) is 0 Å². The van der Waals surface area contributed by atoms with Gasteiger partial charge in [0.1, 0.15) is 0 Å². The lowest BCUT2D eigenvalue weighted by Gasteiger charge is -2.17. The van der Waals surface area contributed by atoms with Crippen molar-refractivity contribution in [3.63, 3.8) is 0 Å². The third kappa shape index (κ3) is 5.85. The van der Waals surface area contributed by atoms with Gasteiger partial charge in [-0.05, 0) is 45.9 Å². The lowest BCUT2D eigenvalue weighted by molar-refractivity contribution is -0.117. The zero-order valence-corrected chi connectivity index (χ0v) is 12.2. The molecule has 1 rings (SSSR count). The van der Waals surface area contributed by atoms with Crippen LogP contribution in [0.4, 0.5) is 5.69 Å². The number of likely N-dealkylation sites (N-methyl/N-ethyl adjacent to an activating group) is 1. The lowest BCUT2D eigenvalue weighted by atomic mass is 10.1. The van der Waals surface area contributed by atoms with Crippen molar-refractivity contribution in [3.05, 3.63) is 29.3 Å². The van der Waals surface area contributed by atoms with Crippen LogP contribution in [0.1, 0.15) is 24.5 Å². The number of nitrogens with zero attached hydrogens (tertiary/aromatic N) is 1. The molecular weight excluding hydrogens is 240 g/mol. The van der Waals surface area contributed by atoms with Gasteiger partial charge in [0, 0.05) is 12.2 Å². The number of aryl methyl sites for hydroxylation is 2. The van der Waals surface area contributed by atoms with Crippen molar-refractivity contribution >= 4 is 11.6 Å². The van der Waals surface area contributed by atoms with E-state index < -0.39 is 0 Å². The van der Waals surface area contributed by atoms with Crippen LogP contribution in [0, 0.1) is 13.8 Å². The molecular formula is C15H24N2O2. The minimum atomic E-state index is -0.329. The summed E-state index contributed by atoms with van der Waals surface area (Å²) in [5.74, 6) is -0.0277. The molecule has 19 heavy (non-hydrogen) atoms. The second-order valence-electron chi connectivity index (χ2n) is 5.24. The van der Waals surface area contributed by atoms with Crippen molar-refractivity contribution in [2.24, 2.45) is 0 Å². The predicted molar refractivity (Wildman–Crippen MR) is 78.3 cm³/mol. The maximum atomic E-state index is 11.9. The maximum absolute atomic E-state index is 11.9. The molecule has 0 saturated heterocycles. The van der Waals surface area contributed by atoms with E-state index in [1.165, 1.54) is 5.56 Å². The van der Waals surface area contributed by atoms with Crippen molar-refractivity contribution in [1.29, 1.82) is 0 Å². The molecule has 2 N–H and O–H groups in total.